The number of hydrogen-bond acceptors (Lipinski definition) is 3. The Bertz CT molecular complexity index is 445. The smallest absolute Gasteiger partial charge is 0.160 e. The average Bonchev–Trinajstić information content (AvgIpc) is 2.85. The molecule has 0 aromatic carbocycles. The molecule has 2 aromatic rings. The van der Waals surface area contributed by atoms with Crippen LogP contribution in [0, 0.1) is 0 Å². The van der Waals surface area contributed by atoms with Gasteiger partial charge in [0.15, 0.2) is 5.65 Å². The molecule has 14 heavy (non-hydrogen) atoms. The van der Waals surface area contributed by atoms with Crippen LogP contribution >= 0.6 is 0 Å². The monoisotopic (exact) mass is 189 g/mol. The standard InChI is InChI=1S/C10H11N3O/c1-2-5-13-9(3-1)11-12-10(13)8-4-6-14-7-8/h1-3,5,8H,4,6-7H2. The fourth-order valence-electron chi connectivity index (χ4n) is 1.88. The van der Waals surface area contributed by atoms with Gasteiger partial charge in [0.05, 0.1) is 6.61 Å². The first-order chi connectivity index (χ1) is 6.95. The van der Waals surface area contributed by atoms with Crippen molar-refractivity contribution in [1.82, 2.24) is 14.6 Å². The minimum Gasteiger partial charge on any atom is -0.381 e. The molecule has 1 fully saturated rings. The Balaban J connectivity index is 2.11. The summed E-state index contributed by atoms with van der Waals surface area (Å²) in [5.41, 5.74) is 0.911. The second kappa shape index (κ2) is 3.06. The van der Waals surface area contributed by atoms with Crippen LogP contribution in [-0.4, -0.2) is 27.8 Å². The Hall–Kier alpha value is -1.42. The third-order valence-electron chi connectivity index (χ3n) is 2.63. The number of fused-ring (bicyclic) bond motifs is 1. The quantitative estimate of drug-likeness (QED) is 0.677. The fourth-order valence-corrected chi connectivity index (χ4v) is 1.88. The third kappa shape index (κ3) is 1.11. The number of nitrogens with zero attached hydrogens (tertiary/aromatic N) is 3. The highest BCUT2D eigenvalue weighted by Gasteiger charge is 2.22. The molecule has 4 heteroatoms. The van der Waals surface area contributed by atoms with E-state index in [2.05, 4.69) is 10.2 Å². The SMILES string of the molecule is c1ccn2c(C3CCOC3)nnc2c1. The molecule has 3 rings (SSSR count). The topological polar surface area (TPSA) is 39.4 Å². The van der Waals surface area contributed by atoms with Crippen LogP contribution in [0.2, 0.25) is 0 Å². The van der Waals surface area contributed by atoms with E-state index in [1.165, 1.54) is 0 Å². The van der Waals surface area contributed by atoms with E-state index >= 15 is 0 Å². The van der Waals surface area contributed by atoms with Crippen molar-refractivity contribution < 1.29 is 4.74 Å². The summed E-state index contributed by atoms with van der Waals surface area (Å²) >= 11 is 0. The van der Waals surface area contributed by atoms with Gasteiger partial charge in [-0.05, 0) is 18.6 Å². The van der Waals surface area contributed by atoms with Gasteiger partial charge in [0.25, 0.3) is 0 Å². The average molecular weight is 189 g/mol. The molecule has 4 nitrogen and oxygen atoms in total. The molecule has 3 heterocycles. The van der Waals surface area contributed by atoms with Crippen molar-refractivity contribution in [3.8, 4) is 0 Å². The number of ether oxygens (including phenoxy) is 1. The highest BCUT2D eigenvalue weighted by molar-refractivity contribution is 5.37. The lowest BCUT2D eigenvalue weighted by Gasteiger charge is -2.03. The summed E-state index contributed by atoms with van der Waals surface area (Å²) in [4.78, 5) is 0. The van der Waals surface area contributed by atoms with Crippen LogP contribution in [0.5, 0.6) is 0 Å². The molecule has 1 unspecified atom stereocenters. The van der Waals surface area contributed by atoms with Crippen molar-refractivity contribution >= 4 is 5.65 Å². The zero-order valence-electron chi connectivity index (χ0n) is 7.76. The summed E-state index contributed by atoms with van der Waals surface area (Å²) < 4.78 is 7.39. The Morgan fingerprint density at radius 3 is 3.21 bits per heavy atom. The van der Waals surface area contributed by atoms with Crippen molar-refractivity contribution in [2.24, 2.45) is 0 Å². The van der Waals surface area contributed by atoms with E-state index in [1.807, 2.05) is 28.8 Å². The van der Waals surface area contributed by atoms with E-state index < -0.39 is 0 Å². The van der Waals surface area contributed by atoms with Gasteiger partial charge in [0, 0.05) is 18.7 Å². The first kappa shape index (κ1) is 7.94. The lowest BCUT2D eigenvalue weighted by Crippen LogP contribution is -2.03. The predicted molar refractivity (Wildman–Crippen MR) is 51.2 cm³/mol. The van der Waals surface area contributed by atoms with Crippen molar-refractivity contribution in [3.63, 3.8) is 0 Å². The Morgan fingerprint density at radius 2 is 2.36 bits per heavy atom. The van der Waals surface area contributed by atoms with E-state index in [4.69, 9.17) is 4.74 Å². The highest BCUT2D eigenvalue weighted by Crippen LogP contribution is 2.23. The van der Waals surface area contributed by atoms with Gasteiger partial charge in [-0.3, -0.25) is 4.40 Å². The predicted octanol–water partition coefficient (Wildman–Crippen LogP) is 1.23. The summed E-state index contributed by atoms with van der Waals surface area (Å²) in [7, 11) is 0. The largest absolute Gasteiger partial charge is 0.381 e. The van der Waals surface area contributed by atoms with Crippen LogP contribution in [0.1, 0.15) is 18.2 Å². The highest BCUT2D eigenvalue weighted by atomic mass is 16.5. The van der Waals surface area contributed by atoms with Crippen molar-refractivity contribution in [2.45, 2.75) is 12.3 Å². The van der Waals surface area contributed by atoms with Gasteiger partial charge in [-0.2, -0.15) is 0 Å². The van der Waals surface area contributed by atoms with E-state index in [1.54, 1.807) is 0 Å². The van der Waals surface area contributed by atoms with E-state index in [0.717, 1.165) is 31.1 Å². The first-order valence-electron chi connectivity index (χ1n) is 4.82. The van der Waals surface area contributed by atoms with Crippen LogP contribution in [0.4, 0.5) is 0 Å². The Morgan fingerprint density at radius 1 is 1.36 bits per heavy atom. The van der Waals surface area contributed by atoms with Crippen molar-refractivity contribution in [3.05, 3.63) is 30.2 Å². The number of hydrogen-bond donors (Lipinski definition) is 0. The summed E-state index contributed by atoms with van der Waals surface area (Å²) in [6.45, 7) is 1.61. The summed E-state index contributed by atoms with van der Waals surface area (Å²) in [5, 5.41) is 8.33. The molecule has 1 saturated heterocycles. The molecule has 1 aliphatic rings. The number of pyridine rings is 1. The lowest BCUT2D eigenvalue weighted by atomic mass is 10.1. The van der Waals surface area contributed by atoms with E-state index in [9.17, 15) is 0 Å². The van der Waals surface area contributed by atoms with Gasteiger partial charge < -0.3 is 4.74 Å². The van der Waals surface area contributed by atoms with Gasteiger partial charge in [-0.25, -0.2) is 0 Å². The molecule has 2 aromatic heterocycles. The zero-order chi connectivity index (χ0) is 9.38. The molecule has 0 bridgehead atoms. The maximum atomic E-state index is 5.35. The summed E-state index contributed by atoms with van der Waals surface area (Å²) in [6, 6.07) is 5.93. The van der Waals surface area contributed by atoms with Crippen LogP contribution < -0.4 is 0 Å². The minimum absolute atomic E-state index is 0.410. The van der Waals surface area contributed by atoms with Crippen molar-refractivity contribution in [1.29, 1.82) is 0 Å². The molecule has 0 radical (unpaired) electrons. The first-order valence-corrected chi connectivity index (χ1v) is 4.82. The molecule has 1 aliphatic heterocycles. The molecular formula is C10H11N3O. The lowest BCUT2D eigenvalue weighted by molar-refractivity contribution is 0.193. The van der Waals surface area contributed by atoms with Gasteiger partial charge >= 0.3 is 0 Å². The van der Waals surface area contributed by atoms with Crippen LogP contribution in [0.15, 0.2) is 24.4 Å². The minimum atomic E-state index is 0.410. The molecule has 0 saturated carbocycles. The Labute approximate surface area is 81.5 Å². The zero-order valence-corrected chi connectivity index (χ0v) is 7.76. The van der Waals surface area contributed by atoms with Gasteiger partial charge in [0.1, 0.15) is 5.82 Å². The molecule has 0 aliphatic carbocycles. The third-order valence-corrected chi connectivity index (χ3v) is 2.63. The van der Waals surface area contributed by atoms with Crippen molar-refractivity contribution in [2.75, 3.05) is 13.2 Å². The molecule has 0 amide bonds. The second-order valence-electron chi connectivity index (χ2n) is 3.55. The maximum absolute atomic E-state index is 5.35. The summed E-state index contributed by atoms with van der Waals surface area (Å²) in [5.74, 6) is 1.44. The number of aromatic nitrogens is 3. The molecular weight excluding hydrogens is 178 g/mol. The molecule has 72 valence electrons. The van der Waals surface area contributed by atoms with Gasteiger partial charge in [-0.1, -0.05) is 6.07 Å². The van der Waals surface area contributed by atoms with E-state index in [-0.39, 0.29) is 0 Å². The Kier molecular flexibility index (Phi) is 1.73. The van der Waals surface area contributed by atoms with Gasteiger partial charge in [0.2, 0.25) is 0 Å². The molecule has 0 N–H and O–H groups in total. The van der Waals surface area contributed by atoms with Crippen LogP contribution in [0.25, 0.3) is 5.65 Å². The normalized spacial score (nSPS) is 21.9. The van der Waals surface area contributed by atoms with Crippen LogP contribution in [-0.2, 0) is 4.74 Å². The second-order valence-corrected chi connectivity index (χ2v) is 3.55. The summed E-state index contributed by atoms with van der Waals surface area (Å²) in [6.07, 6.45) is 3.05. The van der Waals surface area contributed by atoms with Crippen LogP contribution in [0.3, 0.4) is 0 Å². The molecule has 0 spiro atoms. The number of rotatable bonds is 1. The fraction of sp³-hybridized carbons (Fsp3) is 0.400. The maximum Gasteiger partial charge on any atom is 0.160 e. The van der Waals surface area contributed by atoms with Gasteiger partial charge in [-0.15, -0.1) is 10.2 Å². The molecule has 1 atom stereocenters. The van der Waals surface area contributed by atoms with E-state index in [0.29, 0.717) is 5.92 Å².